The molecular weight excluding hydrogens is 414 g/mol. The van der Waals surface area contributed by atoms with Crippen molar-refractivity contribution in [2.24, 2.45) is 4.99 Å². The molecule has 0 radical (unpaired) electrons. The SMILES string of the molecule is Cc1ccc(C)c(OCCC(=O)Nc2cccc(S(=O)(=O)NC3=NCCCCC3)c2)c1. The number of aryl methyl sites for hydroxylation is 2. The number of aliphatic imine (C=N–C) groups is 1. The van der Waals surface area contributed by atoms with Crippen LogP contribution in [0.25, 0.3) is 0 Å². The molecule has 0 unspecified atom stereocenters. The molecule has 0 fully saturated rings. The fourth-order valence-corrected chi connectivity index (χ4v) is 4.39. The minimum atomic E-state index is -3.75. The van der Waals surface area contributed by atoms with Crippen LogP contribution in [-0.4, -0.2) is 33.3 Å². The quantitative estimate of drug-likeness (QED) is 0.677. The molecule has 0 spiro atoms. The van der Waals surface area contributed by atoms with Gasteiger partial charge in [0.05, 0.1) is 17.9 Å². The van der Waals surface area contributed by atoms with Crippen LogP contribution in [0.1, 0.15) is 43.2 Å². The minimum Gasteiger partial charge on any atom is -0.493 e. The zero-order valence-corrected chi connectivity index (χ0v) is 18.8. The van der Waals surface area contributed by atoms with E-state index in [4.69, 9.17) is 4.74 Å². The summed E-state index contributed by atoms with van der Waals surface area (Å²) in [7, 11) is -3.75. The lowest BCUT2D eigenvalue weighted by atomic mass is 10.1. The molecule has 1 heterocycles. The Labute approximate surface area is 184 Å². The van der Waals surface area contributed by atoms with E-state index in [1.807, 2.05) is 32.0 Å². The topological polar surface area (TPSA) is 96.9 Å². The number of amides is 1. The van der Waals surface area contributed by atoms with Crippen molar-refractivity contribution in [3.63, 3.8) is 0 Å². The molecule has 0 aromatic heterocycles. The van der Waals surface area contributed by atoms with Crippen LogP contribution in [-0.2, 0) is 14.8 Å². The van der Waals surface area contributed by atoms with Gasteiger partial charge in [-0.1, -0.05) is 24.6 Å². The van der Waals surface area contributed by atoms with Crippen molar-refractivity contribution in [1.29, 1.82) is 0 Å². The molecule has 0 saturated heterocycles. The smallest absolute Gasteiger partial charge is 0.262 e. The van der Waals surface area contributed by atoms with Gasteiger partial charge >= 0.3 is 0 Å². The largest absolute Gasteiger partial charge is 0.493 e. The number of benzene rings is 2. The van der Waals surface area contributed by atoms with Crippen LogP contribution >= 0.6 is 0 Å². The van der Waals surface area contributed by atoms with Gasteiger partial charge in [-0.25, -0.2) is 8.42 Å². The molecule has 3 rings (SSSR count). The maximum atomic E-state index is 12.7. The number of sulfonamides is 1. The molecule has 0 bridgehead atoms. The van der Waals surface area contributed by atoms with Gasteiger partial charge in [-0.15, -0.1) is 0 Å². The molecule has 0 saturated carbocycles. The maximum Gasteiger partial charge on any atom is 0.262 e. The number of hydrogen-bond acceptors (Lipinski definition) is 5. The third-order valence-electron chi connectivity index (χ3n) is 4.98. The monoisotopic (exact) mass is 443 g/mol. The fourth-order valence-electron chi connectivity index (χ4n) is 3.25. The predicted octanol–water partition coefficient (Wildman–Crippen LogP) is 3.96. The van der Waals surface area contributed by atoms with E-state index in [0.717, 1.165) is 36.1 Å². The average molecular weight is 444 g/mol. The van der Waals surface area contributed by atoms with Crippen LogP contribution in [0.2, 0.25) is 0 Å². The number of anilines is 1. The average Bonchev–Trinajstić information content (AvgIpc) is 2.99. The highest BCUT2D eigenvalue weighted by atomic mass is 32.2. The van der Waals surface area contributed by atoms with Crippen molar-refractivity contribution >= 4 is 27.5 Å². The third kappa shape index (κ3) is 6.82. The van der Waals surface area contributed by atoms with Gasteiger partial charge < -0.3 is 10.1 Å². The number of nitrogens with one attached hydrogen (secondary N) is 2. The lowest BCUT2D eigenvalue weighted by molar-refractivity contribution is -0.116. The van der Waals surface area contributed by atoms with E-state index in [-0.39, 0.29) is 23.8 Å². The normalized spacial score (nSPS) is 14.3. The number of carbonyl (C=O) groups excluding carboxylic acids is 1. The van der Waals surface area contributed by atoms with Gasteiger partial charge in [0.25, 0.3) is 10.0 Å². The number of rotatable bonds is 7. The first kappa shape index (κ1) is 22.8. The highest BCUT2D eigenvalue weighted by molar-refractivity contribution is 7.90. The standard InChI is InChI=1S/C23H29N3O4S/c1-17-10-11-18(2)21(15-17)30-14-12-23(27)25-19-7-6-8-20(16-19)31(28,29)26-22-9-4-3-5-13-24-22/h6-8,10-11,15-16H,3-5,9,12-14H2,1-2H3,(H,24,26)(H,25,27). The summed E-state index contributed by atoms with van der Waals surface area (Å²) in [5, 5.41) is 2.74. The van der Waals surface area contributed by atoms with Gasteiger partial charge in [0.15, 0.2) is 0 Å². The number of carbonyl (C=O) groups is 1. The first-order chi connectivity index (χ1) is 14.8. The number of nitrogens with zero attached hydrogens (tertiary/aromatic N) is 1. The second-order valence-electron chi connectivity index (χ2n) is 7.69. The molecule has 8 heteroatoms. The Morgan fingerprint density at radius 1 is 1.10 bits per heavy atom. The van der Waals surface area contributed by atoms with E-state index in [1.165, 1.54) is 12.1 Å². The van der Waals surface area contributed by atoms with Crippen molar-refractivity contribution in [3.8, 4) is 5.75 Å². The van der Waals surface area contributed by atoms with E-state index in [1.54, 1.807) is 12.1 Å². The lowest BCUT2D eigenvalue weighted by Crippen LogP contribution is -2.30. The van der Waals surface area contributed by atoms with Gasteiger partial charge in [-0.2, -0.15) is 0 Å². The van der Waals surface area contributed by atoms with Crippen molar-refractivity contribution in [2.45, 2.75) is 50.8 Å². The molecule has 0 atom stereocenters. The second-order valence-corrected chi connectivity index (χ2v) is 9.37. The van der Waals surface area contributed by atoms with Gasteiger partial charge in [-0.3, -0.25) is 14.5 Å². The molecule has 166 valence electrons. The fraction of sp³-hybridized carbons (Fsp3) is 0.391. The number of amidine groups is 1. The Kier molecular flexibility index (Phi) is 7.68. The summed E-state index contributed by atoms with van der Waals surface area (Å²) in [6.45, 7) is 4.81. The molecular formula is C23H29N3O4S. The summed E-state index contributed by atoms with van der Waals surface area (Å²) in [4.78, 5) is 16.7. The van der Waals surface area contributed by atoms with E-state index in [0.29, 0.717) is 24.5 Å². The van der Waals surface area contributed by atoms with Gasteiger partial charge in [0, 0.05) is 18.7 Å². The summed E-state index contributed by atoms with van der Waals surface area (Å²) in [6.07, 6.45) is 3.71. The van der Waals surface area contributed by atoms with Crippen LogP contribution in [0.5, 0.6) is 5.75 Å². The van der Waals surface area contributed by atoms with Crippen molar-refractivity contribution in [2.75, 3.05) is 18.5 Å². The van der Waals surface area contributed by atoms with E-state index in [2.05, 4.69) is 15.0 Å². The Balaban J connectivity index is 1.57. The van der Waals surface area contributed by atoms with Gasteiger partial charge in [0.2, 0.25) is 5.91 Å². The lowest BCUT2D eigenvalue weighted by Gasteiger charge is -2.12. The molecule has 1 amide bonds. The van der Waals surface area contributed by atoms with Crippen LogP contribution in [0.4, 0.5) is 5.69 Å². The summed E-state index contributed by atoms with van der Waals surface area (Å²) < 4.78 is 33.7. The van der Waals surface area contributed by atoms with Gasteiger partial charge in [-0.05, 0) is 62.1 Å². The summed E-state index contributed by atoms with van der Waals surface area (Å²) in [5.74, 6) is 1.00. The van der Waals surface area contributed by atoms with E-state index < -0.39 is 10.0 Å². The van der Waals surface area contributed by atoms with Crippen LogP contribution in [0.15, 0.2) is 52.4 Å². The molecule has 0 aliphatic carbocycles. The first-order valence-electron chi connectivity index (χ1n) is 10.5. The summed E-state index contributed by atoms with van der Waals surface area (Å²) in [6, 6.07) is 12.1. The van der Waals surface area contributed by atoms with E-state index in [9.17, 15) is 13.2 Å². The number of ether oxygens (including phenoxy) is 1. The Morgan fingerprint density at radius 3 is 2.77 bits per heavy atom. The van der Waals surface area contributed by atoms with Crippen LogP contribution < -0.4 is 14.8 Å². The molecule has 2 N–H and O–H groups in total. The molecule has 2 aromatic carbocycles. The number of hydrogen-bond donors (Lipinski definition) is 2. The minimum absolute atomic E-state index is 0.0869. The van der Waals surface area contributed by atoms with Crippen molar-refractivity contribution in [3.05, 3.63) is 53.6 Å². The third-order valence-corrected chi connectivity index (χ3v) is 6.36. The zero-order chi connectivity index (χ0) is 22.3. The van der Waals surface area contributed by atoms with Crippen molar-refractivity contribution < 1.29 is 17.9 Å². The maximum absolute atomic E-state index is 12.7. The highest BCUT2D eigenvalue weighted by Gasteiger charge is 2.18. The molecule has 2 aromatic rings. The van der Waals surface area contributed by atoms with Gasteiger partial charge in [0.1, 0.15) is 11.6 Å². The zero-order valence-electron chi connectivity index (χ0n) is 18.0. The molecule has 7 nitrogen and oxygen atoms in total. The summed E-state index contributed by atoms with van der Waals surface area (Å²) >= 11 is 0. The Bertz CT molecular complexity index is 1060. The van der Waals surface area contributed by atoms with Crippen LogP contribution in [0, 0.1) is 13.8 Å². The molecule has 1 aliphatic heterocycles. The van der Waals surface area contributed by atoms with E-state index >= 15 is 0 Å². The predicted molar refractivity (Wildman–Crippen MR) is 122 cm³/mol. The first-order valence-corrected chi connectivity index (χ1v) is 12.0. The molecule has 31 heavy (non-hydrogen) atoms. The Hall–Kier alpha value is -2.87. The summed E-state index contributed by atoms with van der Waals surface area (Å²) in [5.41, 5.74) is 2.52. The molecule has 1 aliphatic rings. The second kappa shape index (κ2) is 10.4. The highest BCUT2D eigenvalue weighted by Crippen LogP contribution is 2.20. The van der Waals surface area contributed by atoms with Crippen LogP contribution in [0.3, 0.4) is 0 Å². The van der Waals surface area contributed by atoms with Crippen molar-refractivity contribution in [1.82, 2.24) is 4.72 Å². The Morgan fingerprint density at radius 2 is 1.94 bits per heavy atom.